The van der Waals surface area contributed by atoms with Crippen molar-refractivity contribution in [1.29, 1.82) is 0 Å². The number of carbonyl (C=O) groups excluding carboxylic acids is 1. The lowest BCUT2D eigenvalue weighted by atomic mass is 10.1. The van der Waals surface area contributed by atoms with Crippen molar-refractivity contribution in [1.82, 2.24) is 4.98 Å². The normalized spacial score (nSPS) is 10.6. The number of oxazole rings is 1. The minimum Gasteiger partial charge on any atom is -0.444 e. The first kappa shape index (κ1) is 17.7. The number of aryl methyl sites for hydroxylation is 1. The molecule has 0 bridgehead atoms. The van der Waals surface area contributed by atoms with Crippen LogP contribution in [0.25, 0.3) is 22.7 Å². The van der Waals surface area contributed by atoms with Crippen molar-refractivity contribution in [3.63, 3.8) is 0 Å². The predicted molar refractivity (Wildman–Crippen MR) is 106 cm³/mol. The van der Waals surface area contributed by atoms with Crippen LogP contribution in [0.5, 0.6) is 0 Å². The third-order valence-corrected chi connectivity index (χ3v) is 4.31. The Labute approximate surface area is 161 Å². The summed E-state index contributed by atoms with van der Waals surface area (Å²) in [4.78, 5) is 16.9. The van der Waals surface area contributed by atoms with E-state index in [0.29, 0.717) is 11.6 Å². The van der Waals surface area contributed by atoms with Crippen LogP contribution in [-0.4, -0.2) is 10.9 Å². The number of hydrogen-bond acceptors (Lipinski definition) is 3. The smallest absolute Gasteiger partial charge is 0.255 e. The van der Waals surface area contributed by atoms with Crippen molar-refractivity contribution in [3.8, 4) is 22.7 Å². The quantitative estimate of drug-likeness (QED) is 0.499. The largest absolute Gasteiger partial charge is 0.444 e. The molecule has 0 saturated carbocycles. The SMILES string of the molecule is Cc1ccc(-c2coc(-c3cccc(NC(=O)c4cccc(F)c4)c3)n2)cc1. The number of halogens is 1. The third-order valence-electron chi connectivity index (χ3n) is 4.31. The summed E-state index contributed by atoms with van der Waals surface area (Å²) in [5.74, 6) is -0.383. The van der Waals surface area contributed by atoms with Crippen LogP contribution in [0.2, 0.25) is 0 Å². The number of nitrogens with zero attached hydrogens (tertiary/aromatic N) is 1. The van der Waals surface area contributed by atoms with E-state index in [1.54, 1.807) is 30.5 Å². The van der Waals surface area contributed by atoms with Crippen LogP contribution < -0.4 is 5.32 Å². The molecule has 4 rings (SSSR count). The summed E-state index contributed by atoms with van der Waals surface area (Å²) in [6.07, 6.45) is 1.61. The fourth-order valence-electron chi connectivity index (χ4n) is 2.83. The minimum atomic E-state index is -0.454. The Balaban J connectivity index is 1.56. The van der Waals surface area contributed by atoms with Gasteiger partial charge in [-0.1, -0.05) is 42.0 Å². The molecule has 0 atom stereocenters. The van der Waals surface area contributed by atoms with Crippen LogP contribution in [0.1, 0.15) is 15.9 Å². The third kappa shape index (κ3) is 3.83. The molecule has 138 valence electrons. The van der Waals surface area contributed by atoms with Crippen LogP contribution >= 0.6 is 0 Å². The average molecular weight is 372 g/mol. The van der Waals surface area contributed by atoms with E-state index in [2.05, 4.69) is 10.3 Å². The summed E-state index contributed by atoms with van der Waals surface area (Å²) in [7, 11) is 0. The number of anilines is 1. The highest BCUT2D eigenvalue weighted by Crippen LogP contribution is 2.26. The van der Waals surface area contributed by atoms with Crippen molar-refractivity contribution in [2.45, 2.75) is 6.92 Å². The van der Waals surface area contributed by atoms with Gasteiger partial charge in [0.2, 0.25) is 5.89 Å². The lowest BCUT2D eigenvalue weighted by Gasteiger charge is -2.06. The molecule has 5 heteroatoms. The zero-order chi connectivity index (χ0) is 19.5. The maximum Gasteiger partial charge on any atom is 0.255 e. The molecule has 0 aliphatic rings. The average Bonchev–Trinajstić information content (AvgIpc) is 3.19. The topological polar surface area (TPSA) is 55.1 Å². The molecule has 1 heterocycles. The highest BCUT2D eigenvalue weighted by molar-refractivity contribution is 6.04. The zero-order valence-electron chi connectivity index (χ0n) is 15.1. The molecule has 1 N–H and O–H groups in total. The Morgan fingerprint density at radius 3 is 2.54 bits per heavy atom. The van der Waals surface area contributed by atoms with Crippen LogP contribution in [0.15, 0.2) is 83.5 Å². The van der Waals surface area contributed by atoms with Crippen LogP contribution in [0.4, 0.5) is 10.1 Å². The second-order valence-corrected chi connectivity index (χ2v) is 6.45. The summed E-state index contributed by atoms with van der Waals surface area (Å²) >= 11 is 0. The molecular formula is C23H17FN2O2. The molecule has 0 aliphatic heterocycles. The van der Waals surface area contributed by atoms with Gasteiger partial charge in [0, 0.05) is 22.4 Å². The standard InChI is InChI=1S/C23H17FN2O2/c1-15-8-10-16(11-9-15)21-14-28-23(26-21)18-5-3-7-20(13-18)25-22(27)17-4-2-6-19(24)12-17/h2-14H,1H3,(H,25,27). The second-order valence-electron chi connectivity index (χ2n) is 6.45. The molecule has 1 amide bonds. The minimum absolute atomic E-state index is 0.253. The number of aromatic nitrogens is 1. The van der Waals surface area contributed by atoms with Crippen molar-refractivity contribution in [2.24, 2.45) is 0 Å². The van der Waals surface area contributed by atoms with E-state index in [1.165, 1.54) is 23.8 Å². The van der Waals surface area contributed by atoms with Crippen molar-refractivity contribution in [2.75, 3.05) is 5.32 Å². The van der Waals surface area contributed by atoms with Crippen molar-refractivity contribution >= 4 is 11.6 Å². The van der Waals surface area contributed by atoms with E-state index < -0.39 is 5.82 Å². The molecule has 1 aromatic heterocycles. The van der Waals surface area contributed by atoms with E-state index in [9.17, 15) is 9.18 Å². The maximum absolute atomic E-state index is 13.3. The monoisotopic (exact) mass is 372 g/mol. The Kier molecular flexibility index (Phi) is 4.72. The number of carbonyl (C=O) groups is 1. The second kappa shape index (κ2) is 7.48. The molecular weight excluding hydrogens is 355 g/mol. The van der Waals surface area contributed by atoms with E-state index in [1.807, 2.05) is 37.3 Å². The fourth-order valence-corrected chi connectivity index (χ4v) is 2.83. The fraction of sp³-hybridized carbons (Fsp3) is 0.0435. The molecule has 28 heavy (non-hydrogen) atoms. The molecule has 0 saturated heterocycles. The summed E-state index contributed by atoms with van der Waals surface area (Å²) in [5, 5.41) is 2.77. The highest BCUT2D eigenvalue weighted by atomic mass is 19.1. The molecule has 0 radical (unpaired) electrons. The Hall–Kier alpha value is -3.73. The van der Waals surface area contributed by atoms with Gasteiger partial charge < -0.3 is 9.73 Å². The lowest BCUT2D eigenvalue weighted by molar-refractivity contribution is 0.102. The van der Waals surface area contributed by atoms with Crippen LogP contribution in [-0.2, 0) is 0 Å². The maximum atomic E-state index is 13.3. The van der Waals surface area contributed by atoms with Gasteiger partial charge in [-0.15, -0.1) is 0 Å². The Bertz CT molecular complexity index is 1130. The van der Waals surface area contributed by atoms with Gasteiger partial charge in [0.25, 0.3) is 5.91 Å². The first-order valence-electron chi connectivity index (χ1n) is 8.78. The number of amides is 1. The molecule has 4 aromatic rings. The molecule has 3 aromatic carbocycles. The molecule has 4 nitrogen and oxygen atoms in total. The zero-order valence-corrected chi connectivity index (χ0v) is 15.1. The molecule has 0 spiro atoms. The van der Waals surface area contributed by atoms with E-state index in [0.717, 1.165) is 16.8 Å². The summed E-state index contributed by atoms with van der Waals surface area (Å²) in [6.45, 7) is 2.03. The van der Waals surface area contributed by atoms with Gasteiger partial charge in [-0.3, -0.25) is 4.79 Å². The molecule has 0 unspecified atom stereocenters. The first-order chi connectivity index (χ1) is 13.6. The van der Waals surface area contributed by atoms with E-state index >= 15 is 0 Å². The van der Waals surface area contributed by atoms with Crippen LogP contribution in [0, 0.1) is 12.7 Å². The van der Waals surface area contributed by atoms with Gasteiger partial charge >= 0.3 is 0 Å². The van der Waals surface area contributed by atoms with Gasteiger partial charge in [-0.25, -0.2) is 9.37 Å². The van der Waals surface area contributed by atoms with Crippen LogP contribution in [0.3, 0.4) is 0 Å². The number of rotatable bonds is 4. The Morgan fingerprint density at radius 1 is 0.964 bits per heavy atom. The van der Waals surface area contributed by atoms with E-state index in [-0.39, 0.29) is 11.5 Å². The summed E-state index contributed by atoms with van der Waals surface area (Å²) in [6, 6.07) is 20.7. The lowest BCUT2D eigenvalue weighted by Crippen LogP contribution is -2.12. The van der Waals surface area contributed by atoms with E-state index in [4.69, 9.17) is 4.42 Å². The van der Waals surface area contributed by atoms with Gasteiger partial charge in [-0.2, -0.15) is 0 Å². The first-order valence-corrected chi connectivity index (χ1v) is 8.78. The number of nitrogens with one attached hydrogen (secondary N) is 1. The Morgan fingerprint density at radius 2 is 1.75 bits per heavy atom. The number of hydrogen-bond donors (Lipinski definition) is 1. The van der Waals surface area contributed by atoms with Gasteiger partial charge in [0.1, 0.15) is 17.8 Å². The van der Waals surface area contributed by atoms with Crippen molar-refractivity contribution < 1.29 is 13.6 Å². The van der Waals surface area contributed by atoms with Gasteiger partial charge in [0.05, 0.1) is 0 Å². The predicted octanol–water partition coefficient (Wildman–Crippen LogP) is 5.71. The van der Waals surface area contributed by atoms with Gasteiger partial charge in [-0.05, 0) is 43.3 Å². The highest BCUT2D eigenvalue weighted by Gasteiger charge is 2.11. The van der Waals surface area contributed by atoms with Crippen molar-refractivity contribution in [3.05, 3.63) is 96.0 Å². The van der Waals surface area contributed by atoms with Gasteiger partial charge in [0.15, 0.2) is 0 Å². The summed E-state index contributed by atoms with van der Waals surface area (Å²) < 4.78 is 18.9. The molecule has 0 aliphatic carbocycles. The summed E-state index contributed by atoms with van der Waals surface area (Å²) in [5.41, 5.74) is 4.44. The number of benzene rings is 3. The molecule has 0 fully saturated rings.